The molecule has 8 nitrogen and oxygen atoms in total. The van der Waals surface area contributed by atoms with E-state index in [1.54, 1.807) is 0 Å². The van der Waals surface area contributed by atoms with Gasteiger partial charge in [0.25, 0.3) is 5.60 Å². The number of rotatable bonds is 4. The highest BCUT2D eigenvalue weighted by Crippen LogP contribution is 2.56. The summed E-state index contributed by atoms with van der Waals surface area (Å²) in [5.41, 5.74) is -6.21. The summed E-state index contributed by atoms with van der Waals surface area (Å²) < 4.78 is 4.94. The maximum atomic E-state index is 12.0. The van der Waals surface area contributed by atoms with Crippen molar-refractivity contribution < 1.29 is 34.4 Å². The second-order valence-corrected chi connectivity index (χ2v) is 6.95. The van der Waals surface area contributed by atoms with Crippen LogP contribution in [0.4, 0.5) is 0 Å². The summed E-state index contributed by atoms with van der Waals surface area (Å²) >= 11 is 17.8. The van der Waals surface area contributed by atoms with E-state index in [4.69, 9.17) is 46.1 Å². The van der Waals surface area contributed by atoms with Gasteiger partial charge >= 0.3 is 5.18 Å². The van der Waals surface area contributed by atoms with Gasteiger partial charge in [0.15, 0.2) is 29.1 Å². The van der Waals surface area contributed by atoms with E-state index in [1.807, 2.05) is 0 Å². The molecular formula is C13H14Cl3NO7. The third kappa shape index (κ3) is 2.39. The summed E-state index contributed by atoms with van der Waals surface area (Å²) in [5.74, 6) is -3.49. The van der Waals surface area contributed by atoms with Crippen molar-refractivity contribution in [1.82, 2.24) is 0 Å². The minimum atomic E-state index is -3.13. The highest BCUT2D eigenvalue weighted by atomic mass is 35.5. The van der Waals surface area contributed by atoms with Crippen molar-refractivity contribution in [3.63, 3.8) is 0 Å². The van der Waals surface area contributed by atoms with E-state index in [0.717, 1.165) is 20.8 Å². The van der Waals surface area contributed by atoms with Crippen LogP contribution in [0.1, 0.15) is 20.8 Å². The molecule has 0 saturated carbocycles. The molecule has 11 heteroatoms. The second-order valence-electron chi connectivity index (χ2n) is 5.44. The number of aliphatic hydroxyl groups is 3. The Morgan fingerprint density at radius 3 is 1.83 bits per heavy atom. The van der Waals surface area contributed by atoms with Crippen molar-refractivity contribution in [2.45, 2.75) is 53.7 Å². The van der Waals surface area contributed by atoms with Crippen LogP contribution < -0.4 is 0 Å². The summed E-state index contributed by atoms with van der Waals surface area (Å²) in [5, 5.41) is 23.0. The molecule has 0 amide bonds. The molecular weight excluding hydrogens is 389 g/mol. The Balaban J connectivity index is 3.86. The standard InChI is InChI=1S/C13H14Cl3NO7/c1-5(18)8(21)12(15)10(22,6(2)19)9(14)11(23,7(3)20)13(16,17-4)24-12/h8-9,21-23H,1-3H3/t8?,9-,10-,11+,12+,13?/m0/s1. The van der Waals surface area contributed by atoms with Gasteiger partial charge in [-0.3, -0.25) is 24.0 Å². The molecule has 0 radical (unpaired) electrons. The zero-order chi connectivity index (χ0) is 19.3. The normalized spacial score (nSPS) is 43.6. The van der Waals surface area contributed by atoms with Gasteiger partial charge in [-0.1, -0.05) is 11.6 Å². The Morgan fingerprint density at radius 2 is 1.54 bits per heavy atom. The Kier molecular flexibility index (Phi) is 5.47. The van der Waals surface area contributed by atoms with Crippen LogP contribution in [-0.2, 0) is 19.1 Å². The molecule has 24 heavy (non-hydrogen) atoms. The molecule has 1 rings (SSSR count). The molecule has 1 aliphatic rings. The van der Waals surface area contributed by atoms with E-state index >= 15 is 0 Å². The molecule has 0 aromatic carbocycles. The monoisotopic (exact) mass is 401 g/mol. The first-order valence-corrected chi connectivity index (χ1v) is 7.62. The first kappa shape index (κ1) is 21.3. The topological polar surface area (TPSA) is 125 Å². The number of nitrogens with zero attached hydrogens (tertiary/aromatic N) is 1. The molecule has 134 valence electrons. The maximum Gasteiger partial charge on any atom is 0.457 e. The van der Waals surface area contributed by atoms with Gasteiger partial charge in [0.1, 0.15) is 5.38 Å². The lowest BCUT2D eigenvalue weighted by Gasteiger charge is -2.54. The molecule has 1 heterocycles. The molecule has 1 aliphatic heterocycles. The molecule has 0 spiro atoms. The zero-order valence-electron chi connectivity index (χ0n) is 12.7. The molecule has 0 aliphatic carbocycles. The third-order valence-electron chi connectivity index (χ3n) is 3.96. The second kappa shape index (κ2) is 6.18. The molecule has 1 saturated heterocycles. The highest BCUT2D eigenvalue weighted by molar-refractivity contribution is 6.36. The van der Waals surface area contributed by atoms with Gasteiger partial charge in [0.05, 0.1) is 0 Å². The molecule has 6 atom stereocenters. The average molecular weight is 403 g/mol. The fraction of sp³-hybridized carbons (Fsp3) is 0.692. The summed E-state index contributed by atoms with van der Waals surface area (Å²) in [6.45, 7) is 9.54. The summed E-state index contributed by atoms with van der Waals surface area (Å²) in [7, 11) is 0. The van der Waals surface area contributed by atoms with Crippen LogP contribution in [0.3, 0.4) is 0 Å². The Bertz CT molecular complexity index is 652. The zero-order valence-corrected chi connectivity index (χ0v) is 15.0. The van der Waals surface area contributed by atoms with Crippen LogP contribution in [0.2, 0.25) is 0 Å². The van der Waals surface area contributed by atoms with Crippen molar-refractivity contribution in [2.75, 3.05) is 0 Å². The van der Waals surface area contributed by atoms with Crippen molar-refractivity contribution in [1.29, 1.82) is 0 Å². The van der Waals surface area contributed by atoms with E-state index < -0.39 is 50.3 Å². The minimum Gasteiger partial charge on any atom is -0.381 e. The number of ether oxygens (including phenoxy) is 1. The van der Waals surface area contributed by atoms with Gasteiger partial charge in [-0.2, -0.15) is 0 Å². The maximum absolute atomic E-state index is 12.0. The van der Waals surface area contributed by atoms with Crippen molar-refractivity contribution in [3.8, 4) is 0 Å². The largest absolute Gasteiger partial charge is 0.457 e. The predicted octanol–water partition coefficient (Wildman–Crippen LogP) is -0.0389. The number of halogens is 3. The van der Waals surface area contributed by atoms with E-state index in [1.165, 1.54) is 0 Å². The van der Waals surface area contributed by atoms with Crippen LogP contribution in [0.25, 0.3) is 4.85 Å². The number of ketones is 3. The summed E-state index contributed by atoms with van der Waals surface area (Å²) in [6.07, 6.45) is -2.36. The van der Waals surface area contributed by atoms with Gasteiger partial charge in [-0.15, -0.1) is 11.6 Å². The van der Waals surface area contributed by atoms with E-state index in [2.05, 4.69) is 4.85 Å². The van der Waals surface area contributed by atoms with Gasteiger partial charge in [-0.25, -0.2) is 6.57 Å². The van der Waals surface area contributed by atoms with Crippen LogP contribution in [-0.4, -0.2) is 65.6 Å². The van der Waals surface area contributed by atoms with Crippen LogP contribution in [0.15, 0.2) is 0 Å². The fourth-order valence-electron chi connectivity index (χ4n) is 2.43. The first-order chi connectivity index (χ1) is 10.7. The van der Waals surface area contributed by atoms with Gasteiger partial charge in [0.2, 0.25) is 5.06 Å². The fourth-order valence-corrected chi connectivity index (χ4v) is 4.07. The number of carbonyl (C=O) groups is 3. The first-order valence-electron chi connectivity index (χ1n) is 6.42. The lowest BCUT2D eigenvalue weighted by atomic mass is 9.72. The van der Waals surface area contributed by atoms with Gasteiger partial charge < -0.3 is 15.3 Å². The van der Waals surface area contributed by atoms with Crippen molar-refractivity contribution >= 4 is 52.2 Å². The molecule has 0 aromatic rings. The molecule has 1 fully saturated rings. The van der Waals surface area contributed by atoms with Crippen LogP contribution >= 0.6 is 34.8 Å². The van der Waals surface area contributed by atoms with Crippen molar-refractivity contribution in [2.24, 2.45) is 0 Å². The number of Topliss-reactive ketones (excluding diaryl/α,β-unsaturated/α-hetero) is 3. The lowest BCUT2D eigenvalue weighted by molar-refractivity contribution is -0.273. The van der Waals surface area contributed by atoms with Crippen molar-refractivity contribution in [3.05, 3.63) is 11.4 Å². The van der Waals surface area contributed by atoms with Crippen LogP contribution in [0.5, 0.6) is 0 Å². The third-order valence-corrected chi connectivity index (χ3v) is 5.61. The lowest BCUT2D eigenvalue weighted by Crippen LogP contribution is -2.82. The molecule has 2 unspecified atom stereocenters. The summed E-state index contributed by atoms with van der Waals surface area (Å²) in [6, 6.07) is 0. The number of aliphatic hydroxyl groups excluding tert-OH is 1. The number of hydrogen-bond donors (Lipinski definition) is 3. The van der Waals surface area contributed by atoms with Gasteiger partial charge in [0, 0.05) is 11.6 Å². The number of hydrogen-bond acceptors (Lipinski definition) is 7. The number of alkyl halides is 3. The highest BCUT2D eigenvalue weighted by Gasteiger charge is 2.83. The smallest absolute Gasteiger partial charge is 0.381 e. The van der Waals surface area contributed by atoms with Crippen LogP contribution in [0, 0.1) is 6.57 Å². The summed E-state index contributed by atoms with van der Waals surface area (Å²) in [4.78, 5) is 38.2. The van der Waals surface area contributed by atoms with E-state index in [9.17, 15) is 29.7 Å². The van der Waals surface area contributed by atoms with E-state index in [-0.39, 0.29) is 0 Å². The number of carbonyl (C=O) groups excluding carboxylic acids is 3. The van der Waals surface area contributed by atoms with E-state index in [0.29, 0.717) is 0 Å². The average Bonchev–Trinajstić information content (AvgIpc) is 2.49. The minimum absolute atomic E-state index is 0.780. The molecule has 0 aromatic heterocycles. The Morgan fingerprint density at radius 1 is 1.12 bits per heavy atom. The predicted molar refractivity (Wildman–Crippen MR) is 82.4 cm³/mol. The molecule has 0 bridgehead atoms. The molecule has 3 N–H and O–H groups in total. The Labute approximate surface area is 152 Å². The quantitative estimate of drug-likeness (QED) is 0.342. The van der Waals surface area contributed by atoms with Gasteiger partial charge in [-0.05, 0) is 20.8 Å². The Hall–Kier alpha value is -0.790. The SMILES string of the molecule is [C-]#[N+]C1(Cl)O[C@](Cl)(C(O)C(C)=O)[C@](O)(C(C)=O)[C@H](Cl)[C@]1(O)C(C)=O.